The second kappa shape index (κ2) is 4.76. The van der Waals surface area contributed by atoms with Crippen molar-refractivity contribution in [3.63, 3.8) is 0 Å². The van der Waals surface area contributed by atoms with Crippen LogP contribution in [0.3, 0.4) is 0 Å². The molecule has 16 heavy (non-hydrogen) atoms. The third kappa shape index (κ3) is 2.38. The van der Waals surface area contributed by atoms with E-state index in [9.17, 15) is 4.79 Å². The normalized spacial score (nSPS) is 10.6. The van der Waals surface area contributed by atoms with E-state index in [1.807, 2.05) is 24.3 Å². The average molecular weight is 218 g/mol. The fourth-order valence-corrected chi connectivity index (χ4v) is 1.56. The zero-order valence-corrected chi connectivity index (χ0v) is 8.89. The van der Waals surface area contributed by atoms with E-state index >= 15 is 0 Å². The lowest BCUT2D eigenvalue weighted by atomic mass is 10.1. The van der Waals surface area contributed by atoms with Crippen molar-refractivity contribution in [1.29, 1.82) is 0 Å². The Balaban J connectivity index is 2.11. The number of aromatic nitrogens is 3. The molecule has 5 nitrogen and oxygen atoms in total. The minimum absolute atomic E-state index is 0.189. The molecule has 2 rings (SSSR count). The monoisotopic (exact) mass is 218 g/mol. The molecular formula is C11H14N4O. The molecule has 0 saturated carbocycles. The van der Waals surface area contributed by atoms with Crippen LogP contribution in [-0.4, -0.2) is 21.3 Å². The van der Waals surface area contributed by atoms with Crippen LogP contribution in [0.15, 0.2) is 35.4 Å². The van der Waals surface area contributed by atoms with Gasteiger partial charge in [-0.2, -0.15) is 5.10 Å². The van der Waals surface area contributed by atoms with Gasteiger partial charge in [0.05, 0.1) is 6.54 Å². The highest BCUT2D eigenvalue weighted by Crippen LogP contribution is 2.05. The van der Waals surface area contributed by atoms with E-state index in [-0.39, 0.29) is 5.69 Å². The number of hydrogen-bond acceptors (Lipinski definition) is 3. The van der Waals surface area contributed by atoms with Gasteiger partial charge in [0.2, 0.25) is 0 Å². The molecule has 0 fully saturated rings. The quantitative estimate of drug-likeness (QED) is 0.765. The van der Waals surface area contributed by atoms with Crippen LogP contribution >= 0.6 is 0 Å². The Kier molecular flexibility index (Phi) is 3.16. The lowest BCUT2D eigenvalue weighted by Gasteiger charge is -2.03. The van der Waals surface area contributed by atoms with Gasteiger partial charge in [0.25, 0.3) is 0 Å². The number of aromatic amines is 1. The van der Waals surface area contributed by atoms with Crippen LogP contribution in [-0.2, 0) is 13.0 Å². The molecule has 0 radical (unpaired) electrons. The maximum absolute atomic E-state index is 11.2. The fraction of sp³-hybridized carbons (Fsp3) is 0.273. The van der Waals surface area contributed by atoms with Crippen molar-refractivity contribution in [1.82, 2.24) is 14.8 Å². The molecule has 0 unspecified atom stereocenters. The van der Waals surface area contributed by atoms with Gasteiger partial charge in [-0.15, -0.1) is 0 Å². The van der Waals surface area contributed by atoms with Crippen LogP contribution in [0.4, 0.5) is 0 Å². The van der Waals surface area contributed by atoms with Gasteiger partial charge in [-0.1, -0.05) is 24.3 Å². The van der Waals surface area contributed by atoms with Crippen LogP contribution < -0.4 is 11.4 Å². The molecule has 3 N–H and O–H groups in total. The Morgan fingerprint density at radius 3 is 2.50 bits per heavy atom. The van der Waals surface area contributed by atoms with Gasteiger partial charge < -0.3 is 5.73 Å². The Bertz CT molecular complexity index is 497. The van der Waals surface area contributed by atoms with Gasteiger partial charge in [0.1, 0.15) is 6.33 Å². The minimum Gasteiger partial charge on any atom is -0.330 e. The zero-order valence-electron chi connectivity index (χ0n) is 8.89. The van der Waals surface area contributed by atoms with Crippen molar-refractivity contribution in [2.45, 2.75) is 13.0 Å². The van der Waals surface area contributed by atoms with E-state index in [4.69, 9.17) is 5.73 Å². The van der Waals surface area contributed by atoms with E-state index in [1.54, 1.807) is 0 Å². The number of nitrogens with two attached hydrogens (primary N) is 1. The van der Waals surface area contributed by atoms with Crippen molar-refractivity contribution >= 4 is 0 Å². The summed E-state index contributed by atoms with van der Waals surface area (Å²) in [6.45, 7) is 1.19. The highest BCUT2D eigenvalue weighted by atomic mass is 16.1. The molecule has 5 heteroatoms. The van der Waals surface area contributed by atoms with Crippen LogP contribution in [0, 0.1) is 0 Å². The number of benzene rings is 1. The van der Waals surface area contributed by atoms with Crippen molar-refractivity contribution in [2.24, 2.45) is 5.73 Å². The first-order valence-corrected chi connectivity index (χ1v) is 5.17. The molecule has 0 saturated heterocycles. The third-order valence-corrected chi connectivity index (χ3v) is 2.43. The van der Waals surface area contributed by atoms with Crippen LogP contribution in [0.2, 0.25) is 0 Å². The first kappa shape index (κ1) is 10.6. The summed E-state index contributed by atoms with van der Waals surface area (Å²) < 4.78 is 1.53. The summed E-state index contributed by atoms with van der Waals surface area (Å²) in [6, 6.07) is 8.08. The largest absolute Gasteiger partial charge is 0.343 e. The minimum atomic E-state index is -0.189. The Morgan fingerprint density at radius 2 is 1.94 bits per heavy atom. The average Bonchev–Trinajstić information content (AvgIpc) is 2.68. The van der Waals surface area contributed by atoms with Crippen LogP contribution in [0.1, 0.15) is 11.1 Å². The topological polar surface area (TPSA) is 76.7 Å². The van der Waals surface area contributed by atoms with E-state index in [2.05, 4.69) is 10.2 Å². The number of nitrogens with one attached hydrogen (secondary N) is 1. The predicted octanol–water partition coefficient (Wildman–Crippen LogP) is 0.121. The molecule has 0 amide bonds. The molecule has 2 aromatic rings. The molecule has 1 heterocycles. The molecule has 1 aromatic heterocycles. The summed E-state index contributed by atoms with van der Waals surface area (Å²) in [5.74, 6) is 0. The molecule has 0 aliphatic carbocycles. The standard InChI is InChI=1S/C11H14N4O/c12-6-5-9-1-3-10(4-2-9)7-15-8-13-14-11(15)16/h1-4,8H,5-7,12H2,(H,14,16). The van der Waals surface area contributed by atoms with Gasteiger partial charge in [-0.3, -0.25) is 4.57 Å². The van der Waals surface area contributed by atoms with Crippen LogP contribution in [0.25, 0.3) is 0 Å². The number of H-pyrrole nitrogens is 1. The molecular weight excluding hydrogens is 204 g/mol. The number of hydrogen-bond donors (Lipinski definition) is 2. The second-order valence-corrected chi connectivity index (χ2v) is 3.64. The first-order valence-electron chi connectivity index (χ1n) is 5.17. The molecule has 84 valence electrons. The van der Waals surface area contributed by atoms with Gasteiger partial charge in [0.15, 0.2) is 0 Å². The number of rotatable bonds is 4. The first-order chi connectivity index (χ1) is 7.79. The maximum atomic E-state index is 11.2. The summed E-state index contributed by atoms with van der Waals surface area (Å²) in [6.07, 6.45) is 2.38. The summed E-state index contributed by atoms with van der Waals surface area (Å²) in [5, 5.41) is 6.04. The van der Waals surface area contributed by atoms with Crippen molar-refractivity contribution in [2.75, 3.05) is 6.54 Å². The zero-order chi connectivity index (χ0) is 11.4. The molecule has 0 spiro atoms. The maximum Gasteiger partial charge on any atom is 0.343 e. The van der Waals surface area contributed by atoms with Crippen LogP contribution in [0.5, 0.6) is 0 Å². The SMILES string of the molecule is NCCc1ccc(Cn2cn[nH]c2=O)cc1. The molecule has 0 bridgehead atoms. The summed E-state index contributed by atoms with van der Waals surface area (Å²) in [7, 11) is 0. The molecule has 0 atom stereocenters. The molecule has 0 aliphatic heterocycles. The highest BCUT2D eigenvalue weighted by molar-refractivity contribution is 5.22. The van der Waals surface area contributed by atoms with E-state index in [1.165, 1.54) is 16.5 Å². The van der Waals surface area contributed by atoms with Gasteiger partial charge in [-0.05, 0) is 24.1 Å². The second-order valence-electron chi connectivity index (χ2n) is 3.64. The Morgan fingerprint density at radius 1 is 1.25 bits per heavy atom. The van der Waals surface area contributed by atoms with Gasteiger partial charge in [-0.25, -0.2) is 9.89 Å². The summed E-state index contributed by atoms with van der Waals surface area (Å²) in [5.41, 5.74) is 7.57. The third-order valence-electron chi connectivity index (χ3n) is 2.43. The predicted molar refractivity (Wildman–Crippen MR) is 61.2 cm³/mol. The van der Waals surface area contributed by atoms with E-state index in [0.717, 1.165) is 12.0 Å². The Hall–Kier alpha value is -1.88. The number of nitrogens with zero attached hydrogens (tertiary/aromatic N) is 2. The summed E-state index contributed by atoms with van der Waals surface area (Å²) in [4.78, 5) is 11.2. The lowest BCUT2D eigenvalue weighted by molar-refractivity contribution is 0.760. The van der Waals surface area contributed by atoms with Crippen molar-refractivity contribution in [3.8, 4) is 0 Å². The lowest BCUT2D eigenvalue weighted by Crippen LogP contribution is -2.16. The van der Waals surface area contributed by atoms with Gasteiger partial charge >= 0.3 is 5.69 Å². The van der Waals surface area contributed by atoms with E-state index < -0.39 is 0 Å². The molecule has 0 aliphatic rings. The summed E-state index contributed by atoms with van der Waals surface area (Å²) >= 11 is 0. The fourth-order valence-electron chi connectivity index (χ4n) is 1.56. The van der Waals surface area contributed by atoms with Gasteiger partial charge in [0, 0.05) is 0 Å². The molecule has 1 aromatic carbocycles. The van der Waals surface area contributed by atoms with Crippen molar-refractivity contribution in [3.05, 3.63) is 52.2 Å². The highest BCUT2D eigenvalue weighted by Gasteiger charge is 1.99. The van der Waals surface area contributed by atoms with Crippen molar-refractivity contribution < 1.29 is 0 Å². The Labute approximate surface area is 92.9 Å². The van der Waals surface area contributed by atoms with E-state index in [0.29, 0.717) is 13.1 Å². The smallest absolute Gasteiger partial charge is 0.330 e.